The highest BCUT2D eigenvalue weighted by atomic mass is 16.5. The van der Waals surface area contributed by atoms with E-state index >= 15 is 0 Å². The van der Waals surface area contributed by atoms with Gasteiger partial charge in [-0.1, -0.05) is 18.2 Å². The molecule has 102 valence electrons. The summed E-state index contributed by atoms with van der Waals surface area (Å²) in [5.74, 6) is 0.647. The van der Waals surface area contributed by atoms with Crippen LogP contribution in [0, 0.1) is 0 Å². The smallest absolute Gasteiger partial charge is 0.214 e. The Labute approximate surface area is 113 Å². The fourth-order valence-corrected chi connectivity index (χ4v) is 2.09. The molecule has 2 rings (SSSR count). The number of aromatic nitrogens is 1. The van der Waals surface area contributed by atoms with E-state index in [1.165, 1.54) is 5.56 Å². The van der Waals surface area contributed by atoms with Crippen molar-refractivity contribution in [3.8, 4) is 5.88 Å². The van der Waals surface area contributed by atoms with Crippen LogP contribution in [0.15, 0.2) is 30.3 Å². The lowest BCUT2D eigenvalue weighted by Crippen LogP contribution is -2.19. The molecule has 0 aliphatic heterocycles. The Morgan fingerprint density at radius 1 is 1.32 bits per heavy atom. The van der Waals surface area contributed by atoms with Gasteiger partial charge in [0.1, 0.15) is 6.10 Å². The van der Waals surface area contributed by atoms with Crippen LogP contribution in [0.1, 0.15) is 12.5 Å². The fraction of sp³-hybridized carbons (Fsp3) is 0.400. The molecule has 2 aromatic rings. The number of ether oxygens (including phenoxy) is 2. The first-order chi connectivity index (χ1) is 9.24. The van der Waals surface area contributed by atoms with Gasteiger partial charge in [0.05, 0.1) is 12.1 Å². The lowest BCUT2D eigenvalue weighted by molar-refractivity contribution is 0.0892. The predicted octanol–water partition coefficient (Wildman–Crippen LogP) is 2.37. The van der Waals surface area contributed by atoms with Gasteiger partial charge in [-0.25, -0.2) is 4.98 Å². The van der Waals surface area contributed by atoms with Crippen molar-refractivity contribution >= 4 is 10.9 Å². The minimum absolute atomic E-state index is 0.0129. The van der Waals surface area contributed by atoms with Crippen molar-refractivity contribution in [2.24, 2.45) is 0 Å². The molecule has 4 heteroatoms. The molecule has 0 aliphatic rings. The van der Waals surface area contributed by atoms with E-state index < -0.39 is 0 Å². The summed E-state index contributed by atoms with van der Waals surface area (Å²) < 4.78 is 10.9. The van der Waals surface area contributed by atoms with Crippen molar-refractivity contribution in [3.63, 3.8) is 0 Å². The largest absolute Gasteiger partial charge is 0.472 e. The van der Waals surface area contributed by atoms with Crippen LogP contribution in [0.2, 0.25) is 0 Å². The summed E-state index contributed by atoms with van der Waals surface area (Å²) in [5.41, 5.74) is 2.14. The molecule has 0 fully saturated rings. The van der Waals surface area contributed by atoms with Crippen molar-refractivity contribution in [3.05, 3.63) is 35.9 Å². The number of pyridine rings is 1. The first-order valence-corrected chi connectivity index (χ1v) is 6.43. The molecule has 1 atom stereocenters. The van der Waals surface area contributed by atoms with Gasteiger partial charge < -0.3 is 14.8 Å². The number of fused-ring (bicyclic) bond motifs is 1. The number of nitrogens with zero attached hydrogens (tertiary/aromatic N) is 1. The zero-order valence-electron chi connectivity index (χ0n) is 11.6. The molecular weight excluding hydrogens is 240 g/mol. The highest BCUT2D eigenvalue weighted by molar-refractivity contribution is 5.82. The van der Waals surface area contributed by atoms with Gasteiger partial charge >= 0.3 is 0 Å². The summed E-state index contributed by atoms with van der Waals surface area (Å²) >= 11 is 0. The van der Waals surface area contributed by atoms with E-state index in [0.29, 0.717) is 12.5 Å². The lowest BCUT2D eigenvalue weighted by atomic mass is 10.1. The van der Waals surface area contributed by atoms with Crippen LogP contribution in [-0.4, -0.2) is 31.9 Å². The summed E-state index contributed by atoms with van der Waals surface area (Å²) in [4.78, 5) is 4.53. The molecule has 0 saturated carbocycles. The standard InChI is InChI=1S/C15H20N2O2/c1-11(10-18-3)19-15-8-12(9-16-2)13-6-4-5-7-14(13)17-15/h4-8,11,16H,9-10H2,1-3H3. The third kappa shape index (κ3) is 3.43. The average Bonchev–Trinajstić information content (AvgIpc) is 2.39. The van der Waals surface area contributed by atoms with Gasteiger partial charge in [0.25, 0.3) is 0 Å². The van der Waals surface area contributed by atoms with Crippen LogP contribution < -0.4 is 10.1 Å². The van der Waals surface area contributed by atoms with E-state index in [2.05, 4.69) is 16.4 Å². The SMILES string of the molecule is CNCc1cc(OC(C)COC)nc2ccccc12. The summed E-state index contributed by atoms with van der Waals surface area (Å²) in [6, 6.07) is 10.1. The quantitative estimate of drug-likeness (QED) is 0.866. The third-order valence-corrected chi connectivity index (χ3v) is 2.87. The number of para-hydroxylation sites is 1. The average molecular weight is 260 g/mol. The molecule has 1 heterocycles. The van der Waals surface area contributed by atoms with Crippen LogP contribution in [0.25, 0.3) is 10.9 Å². The van der Waals surface area contributed by atoms with E-state index in [-0.39, 0.29) is 6.10 Å². The van der Waals surface area contributed by atoms with Crippen LogP contribution >= 0.6 is 0 Å². The van der Waals surface area contributed by atoms with Gasteiger partial charge in [-0.3, -0.25) is 0 Å². The Hall–Kier alpha value is -1.65. The van der Waals surface area contributed by atoms with Gasteiger partial charge in [-0.05, 0) is 25.6 Å². The van der Waals surface area contributed by atoms with Crippen molar-refractivity contribution in [1.82, 2.24) is 10.3 Å². The lowest BCUT2D eigenvalue weighted by Gasteiger charge is -2.15. The number of methoxy groups -OCH3 is 1. The second-order valence-electron chi connectivity index (χ2n) is 4.55. The van der Waals surface area contributed by atoms with Crippen molar-refractivity contribution in [2.75, 3.05) is 20.8 Å². The first-order valence-electron chi connectivity index (χ1n) is 6.43. The molecule has 0 spiro atoms. The van der Waals surface area contributed by atoms with Gasteiger partial charge in [-0.2, -0.15) is 0 Å². The minimum atomic E-state index is -0.0129. The molecule has 1 aromatic carbocycles. The zero-order valence-corrected chi connectivity index (χ0v) is 11.6. The number of hydrogen-bond acceptors (Lipinski definition) is 4. The number of benzene rings is 1. The van der Waals surface area contributed by atoms with Gasteiger partial charge in [0, 0.05) is 25.1 Å². The summed E-state index contributed by atoms with van der Waals surface area (Å²) in [6.45, 7) is 3.31. The molecule has 0 amide bonds. The predicted molar refractivity (Wildman–Crippen MR) is 76.5 cm³/mol. The van der Waals surface area contributed by atoms with Crippen LogP contribution in [0.3, 0.4) is 0 Å². The molecule has 1 aromatic heterocycles. The van der Waals surface area contributed by atoms with E-state index in [1.807, 2.05) is 38.2 Å². The van der Waals surface area contributed by atoms with Crippen LogP contribution in [0.5, 0.6) is 5.88 Å². The number of hydrogen-bond donors (Lipinski definition) is 1. The zero-order chi connectivity index (χ0) is 13.7. The Morgan fingerprint density at radius 2 is 2.11 bits per heavy atom. The van der Waals surface area contributed by atoms with Gasteiger partial charge in [0.2, 0.25) is 5.88 Å². The molecule has 1 unspecified atom stereocenters. The molecule has 1 N–H and O–H groups in total. The number of nitrogens with one attached hydrogen (secondary N) is 1. The van der Waals surface area contributed by atoms with E-state index in [4.69, 9.17) is 9.47 Å². The molecular formula is C15H20N2O2. The molecule has 0 radical (unpaired) electrons. The maximum atomic E-state index is 5.79. The minimum Gasteiger partial charge on any atom is -0.472 e. The molecule has 19 heavy (non-hydrogen) atoms. The molecule has 0 aliphatic carbocycles. The van der Waals surface area contributed by atoms with Crippen LogP contribution in [-0.2, 0) is 11.3 Å². The Bertz CT molecular complexity index is 543. The fourth-order valence-electron chi connectivity index (χ4n) is 2.09. The molecule has 0 saturated heterocycles. The van der Waals surface area contributed by atoms with Gasteiger partial charge in [0.15, 0.2) is 0 Å². The van der Waals surface area contributed by atoms with E-state index in [1.54, 1.807) is 7.11 Å². The van der Waals surface area contributed by atoms with Crippen molar-refractivity contribution in [1.29, 1.82) is 0 Å². The summed E-state index contributed by atoms with van der Waals surface area (Å²) in [7, 11) is 3.60. The second-order valence-corrected chi connectivity index (χ2v) is 4.55. The topological polar surface area (TPSA) is 43.4 Å². The monoisotopic (exact) mass is 260 g/mol. The maximum Gasteiger partial charge on any atom is 0.214 e. The number of rotatable bonds is 6. The molecule has 0 bridgehead atoms. The van der Waals surface area contributed by atoms with Gasteiger partial charge in [-0.15, -0.1) is 0 Å². The highest BCUT2D eigenvalue weighted by Crippen LogP contribution is 2.22. The highest BCUT2D eigenvalue weighted by Gasteiger charge is 2.09. The molecule has 4 nitrogen and oxygen atoms in total. The first kappa shape index (κ1) is 13.8. The van der Waals surface area contributed by atoms with E-state index in [9.17, 15) is 0 Å². The van der Waals surface area contributed by atoms with Crippen molar-refractivity contribution in [2.45, 2.75) is 19.6 Å². The second kappa shape index (κ2) is 6.50. The van der Waals surface area contributed by atoms with Crippen molar-refractivity contribution < 1.29 is 9.47 Å². The summed E-state index contributed by atoms with van der Waals surface area (Å²) in [5, 5.41) is 4.33. The summed E-state index contributed by atoms with van der Waals surface area (Å²) in [6.07, 6.45) is -0.0129. The normalized spacial score (nSPS) is 12.6. The Morgan fingerprint density at radius 3 is 2.84 bits per heavy atom. The Balaban J connectivity index is 2.34. The maximum absolute atomic E-state index is 5.79. The van der Waals surface area contributed by atoms with E-state index in [0.717, 1.165) is 17.4 Å². The Kier molecular flexibility index (Phi) is 4.71. The third-order valence-electron chi connectivity index (χ3n) is 2.87. The van der Waals surface area contributed by atoms with Crippen LogP contribution in [0.4, 0.5) is 0 Å².